The molecule has 1 N–H and O–H groups in total. The van der Waals surface area contributed by atoms with Crippen LogP contribution in [-0.2, 0) is 34.2 Å². The van der Waals surface area contributed by atoms with Gasteiger partial charge in [0.15, 0.2) is 0 Å². The molecule has 2 atom stereocenters. The van der Waals surface area contributed by atoms with Crippen LogP contribution in [0.3, 0.4) is 0 Å². The first-order valence-electron chi connectivity index (χ1n) is 11.3. The minimum absolute atomic E-state index is 0.102. The van der Waals surface area contributed by atoms with Gasteiger partial charge in [0.1, 0.15) is 11.4 Å². The van der Waals surface area contributed by atoms with E-state index >= 15 is 0 Å². The summed E-state index contributed by atoms with van der Waals surface area (Å²) in [4.78, 5) is 19.3. The van der Waals surface area contributed by atoms with Crippen LogP contribution in [0.25, 0.3) is 5.69 Å². The van der Waals surface area contributed by atoms with Crippen LogP contribution < -0.4 is 0 Å². The molecule has 1 aromatic carbocycles. The van der Waals surface area contributed by atoms with E-state index in [-0.39, 0.29) is 24.9 Å². The van der Waals surface area contributed by atoms with E-state index in [1.807, 2.05) is 35.9 Å². The average Bonchev–Trinajstić information content (AvgIpc) is 3.20. The lowest BCUT2D eigenvalue weighted by Crippen LogP contribution is -2.41. The highest BCUT2D eigenvalue weighted by molar-refractivity contribution is 7.88. The Balaban J connectivity index is 1.38. The molecule has 0 spiro atoms. The molecule has 34 heavy (non-hydrogen) atoms. The predicted octanol–water partition coefficient (Wildman–Crippen LogP) is 3.52. The second-order valence-corrected chi connectivity index (χ2v) is 10.4. The summed E-state index contributed by atoms with van der Waals surface area (Å²) in [5, 5.41) is 12.0. The van der Waals surface area contributed by atoms with Crippen LogP contribution in [0.5, 0.6) is 0 Å². The number of rotatable bonds is 7. The Morgan fingerprint density at radius 2 is 2.12 bits per heavy atom. The Bertz CT molecular complexity index is 1300. The molecule has 0 radical (unpaired) electrons. The van der Waals surface area contributed by atoms with Gasteiger partial charge < -0.3 is 14.6 Å². The van der Waals surface area contributed by atoms with Gasteiger partial charge in [-0.2, -0.15) is 0 Å². The number of nitrogens with zero attached hydrogens (tertiary/aromatic N) is 3. The lowest BCUT2D eigenvalue weighted by molar-refractivity contribution is -0.132. The SMILES string of the molecule is Cc1cccn1-c1ccc(CC(=O)N(Cc2ccnc(C3(O)CC3)c2)C2C=CS(=O)C2)c(F)c1. The maximum Gasteiger partial charge on any atom is 0.227 e. The van der Waals surface area contributed by atoms with Crippen molar-refractivity contribution in [1.29, 1.82) is 0 Å². The van der Waals surface area contributed by atoms with Crippen LogP contribution >= 0.6 is 0 Å². The minimum Gasteiger partial charge on any atom is -0.384 e. The molecular weight excluding hydrogens is 453 g/mol. The van der Waals surface area contributed by atoms with Crippen molar-refractivity contribution < 1.29 is 18.5 Å². The molecule has 2 aliphatic rings. The normalized spacial score (nSPS) is 20.4. The molecule has 1 amide bonds. The molecular formula is C26H26FN3O3S. The largest absolute Gasteiger partial charge is 0.384 e. The number of benzene rings is 1. The van der Waals surface area contributed by atoms with E-state index in [4.69, 9.17) is 0 Å². The van der Waals surface area contributed by atoms with Gasteiger partial charge in [-0.1, -0.05) is 12.1 Å². The highest BCUT2D eigenvalue weighted by atomic mass is 32.2. The molecule has 6 nitrogen and oxygen atoms in total. The van der Waals surface area contributed by atoms with Crippen molar-refractivity contribution in [1.82, 2.24) is 14.5 Å². The van der Waals surface area contributed by atoms with Gasteiger partial charge in [-0.15, -0.1) is 0 Å². The second kappa shape index (κ2) is 8.92. The first kappa shape index (κ1) is 22.7. The van der Waals surface area contributed by atoms with Crippen molar-refractivity contribution >= 4 is 16.7 Å². The highest BCUT2D eigenvalue weighted by Crippen LogP contribution is 2.44. The van der Waals surface area contributed by atoms with Crippen LogP contribution in [0, 0.1) is 12.7 Å². The van der Waals surface area contributed by atoms with Gasteiger partial charge in [-0.05, 0) is 67.3 Å². The number of halogens is 1. The summed E-state index contributed by atoms with van der Waals surface area (Å²) in [5.41, 5.74) is 2.55. The molecule has 2 unspecified atom stereocenters. The third-order valence-electron chi connectivity index (χ3n) is 6.49. The highest BCUT2D eigenvalue weighted by Gasteiger charge is 2.43. The maximum atomic E-state index is 15.0. The summed E-state index contributed by atoms with van der Waals surface area (Å²) in [5.74, 6) is -0.366. The molecule has 3 aromatic rings. The number of amides is 1. The lowest BCUT2D eigenvalue weighted by Gasteiger charge is -2.28. The van der Waals surface area contributed by atoms with Crippen molar-refractivity contribution in [2.75, 3.05) is 5.75 Å². The quantitative estimate of drug-likeness (QED) is 0.563. The number of hydrogen-bond donors (Lipinski definition) is 1. The van der Waals surface area contributed by atoms with E-state index in [1.54, 1.807) is 40.8 Å². The van der Waals surface area contributed by atoms with Gasteiger partial charge in [-0.3, -0.25) is 14.0 Å². The summed E-state index contributed by atoms with van der Waals surface area (Å²) in [6, 6.07) is 12.0. The van der Waals surface area contributed by atoms with Gasteiger partial charge in [0, 0.05) is 46.5 Å². The Labute approximate surface area is 200 Å². The van der Waals surface area contributed by atoms with Crippen LogP contribution in [0.15, 0.2) is 66.3 Å². The molecule has 1 aliphatic heterocycles. The summed E-state index contributed by atoms with van der Waals surface area (Å²) in [6.45, 7) is 2.21. The molecule has 176 valence electrons. The third kappa shape index (κ3) is 4.60. The van der Waals surface area contributed by atoms with Gasteiger partial charge in [0.05, 0.1) is 23.9 Å². The maximum absolute atomic E-state index is 15.0. The number of aromatic nitrogens is 2. The van der Waals surface area contributed by atoms with Crippen molar-refractivity contribution in [2.24, 2.45) is 0 Å². The zero-order valence-electron chi connectivity index (χ0n) is 18.9. The van der Waals surface area contributed by atoms with Crippen molar-refractivity contribution in [3.05, 3.63) is 94.7 Å². The van der Waals surface area contributed by atoms with E-state index in [2.05, 4.69) is 4.98 Å². The topological polar surface area (TPSA) is 75.4 Å². The molecule has 3 heterocycles. The Hall–Kier alpha value is -3.10. The number of hydrogen-bond acceptors (Lipinski definition) is 4. The van der Waals surface area contributed by atoms with Crippen LogP contribution in [0.4, 0.5) is 4.39 Å². The smallest absolute Gasteiger partial charge is 0.227 e. The van der Waals surface area contributed by atoms with E-state index < -0.39 is 22.2 Å². The summed E-state index contributed by atoms with van der Waals surface area (Å²) >= 11 is 0. The Morgan fingerprint density at radius 3 is 2.76 bits per heavy atom. The predicted molar refractivity (Wildman–Crippen MR) is 128 cm³/mol. The number of aryl methyl sites for hydroxylation is 1. The summed E-state index contributed by atoms with van der Waals surface area (Å²) < 4.78 is 28.9. The Morgan fingerprint density at radius 1 is 1.29 bits per heavy atom. The number of aliphatic hydroxyl groups is 1. The van der Waals surface area contributed by atoms with Crippen LogP contribution in [0.2, 0.25) is 0 Å². The minimum atomic E-state index is -1.13. The van der Waals surface area contributed by atoms with Crippen LogP contribution in [-0.4, -0.2) is 41.5 Å². The van der Waals surface area contributed by atoms with Crippen molar-refractivity contribution in [2.45, 2.75) is 44.4 Å². The number of pyridine rings is 1. The fourth-order valence-corrected chi connectivity index (χ4v) is 5.39. The van der Waals surface area contributed by atoms with E-state index in [0.717, 1.165) is 11.3 Å². The second-order valence-electron chi connectivity index (χ2n) is 9.02. The van der Waals surface area contributed by atoms with Crippen molar-refractivity contribution in [3.63, 3.8) is 0 Å². The van der Waals surface area contributed by atoms with Crippen molar-refractivity contribution in [3.8, 4) is 5.69 Å². The number of carbonyl (C=O) groups excluding carboxylic acids is 1. The van der Waals surface area contributed by atoms with Gasteiger partial charge >= 0.3 is 0 Å². The number of carbonyl (C=O) groups is 1. The molecule has 5 rings (SSSR count). The molecule has 0 bridgehead atoms. The Kier molecular flexibility index (Phi) is 5.95. The lowest BCUT2D eigenvalue weighted by atomic mass is 10.1. The molecule has 2 aromatic heterocycles. The first-order chi connectivity index (χ1) is 16.3. The molecule has 1 aliphatic carbocycles. The monoisotopic (exact) mass is 479 g/mol. The summed E-state index contributed by atoms with van der Waals surface area (Å²) in [7, 11) is -1.13. The summed E-state index contributed by atoms with van der Waals surface area (Å²) in [6.07, 6.45) is 6.52. The third-order valence-corrected chi connectivity index (χ3v) is 7.63. The first-order valence-corrected chi connectivity index (χ1v) is 12.7. The fraction of sp³-hybridized carbons (Fsp3) is 0.308. The standard InChI is InChI=1S/C26H26FN3O3S/c1-18-3-2-11-29(18)21-5-4-20(23(27)15-21)14-25(31)30(22-7-12-34(33)17-22)16-19-6-10-28-24(13-19)26(32)8-9-26/h2-7,10-13,15,22,32H,8-9,14,16-17H2,1H3. The molecule has 1 fully saturated rings. The zero-order valence-corrected chi connectivity index (χ0v) is 19.7. The molecule has 0 saturated heterocycles. The van der Waals surface area contributed by atoms with Gasteiger partial charge in [0.25, 0.3) is 0 Å². The average molecular weight is 480 g/mol. The zero-order chi connectivity index (χ0) is 23.9. The van der Waals surface area contributed by atoms with E-state index in [9.17, 15) is 18.5 Å². The molecule has 8 heteroatoms. The van der Waals surface area contributed by atoms with Gasteiger partial charge in [-0.25, -0.2) is 4.39 Å². The van der Waals surface area contributed by atoms with E-state index in [0.29, 0.717) is 35.5 Å². The van der Waals surface area contributed by atoms with Gasteiger partial charge in [0.2, 0.25) is 5.91 Å². The van der Waals surface area contributed by atoms with Crippen LogP contribution in [0.1, 0.15) is 35.4 Å². The fourth-order valence-electron chi connectivity index (χ4n) is 4.29. The van der Waals surface area contributed by atoms with E-state index in [1.165, 1.54) is 6.07 Å². The molecule has 1 saturated carbocycles.